The van der Waals surface area contributed by atoms with Gasteiger partial charge in [-0.2, -0.15) is 5.10 Å². The minimum Gasteiger partial charge on any atom is -0.333 e. The second kappa shape index (κ2) is 3.82. The molecule has 3 heterocycles. The third kappa shape index (κ3) is 1.71. The Kier molecular flexibility index (Phi) is 2.54. The Morgan fingerprint density at radius 1 is 1.37 bits per heavy atom. The second-order valence-corrected chi connectivity index (χ2v) is 7.79. The lowest BCUT2D eigenvalue weighted by atomic mass is 10.1. The maximum atomic E-state index is 12.6. The van der Waals surface area contributed by atoms with Crippen LogP contribution in [0.5, 0.6) is 0 Å². The van der Waals surface area contributed by atoms with Crippen LogP contribution in [0.15, 0.2) is 0 Å². The highest BCUT2D eigenvalue weighted by atomic mass is 32.2. The first-order chi connectivity index (χ1) is 8.81. The number of carbonyl (C=O) groups is 1. The third-order valence-electron chi connectivity index (χ3n) is 4.29. The molecule has 1 amide bonds. The van der Waals surface area contributed by atoms with Crippen molar-refractivity contribution in [2.75, 3.05) is 12.3 Å². The van der Waals surface area contributed by atoms with Gasteiger partial charge in [-0.3, -0.25) is 9.48 Å². The molecular weight excluding hydrogens is 266 g/mol. The van der Waals surface area contributed by atoms with E-state index in [1.165, 1.54) is 0 Å². The summed E-state index contributed by atoms with van der Waals surface area (Å²) in [6, 6.07) is -0.151. The molecule has 0 aliphatic carbocycles. The van der Waals surface area contributed by atoms with Crippen molar-refractivity contribution in [3.8, 4) is 0 Å². The average Bonchev–Trinajstić information content (AvgIpc) is 2.90. The summed E-state index contributed by atoms with van der Waals surface area (Å²) < 4.78 is 25.1. The summed E-state index contributed by atoms with van der Waals surface area (Å²) in [6.45, 7) is 4.00. The molecule has 0 radical (unpaired) electrons. The number of aromatic nitrogens is 2. The van der Waals surface area contributed by atoms with E-state index in [0.29, 0.717) is 24.2 Å². The number of aryl methyl sites for hydroxylation is 2. The molecule has 0 saturated carbocycles. The van der Waals surface area contributed by atoms with Crippen molar-refractivity contribution in [3.63, 3.8) is 0 Å². The molecule has 104 valence electrons. The highest BCUT2D eigenvalue weighted by Crippen LogP contribution is 2.34. The highest BCUT2D eigenvalue weighted by Gasteiger charge is 2.50. The number of hydrogen-bond donors (Lipinski definition) is 0. The maximum absolute atomic E-state index is 12.6. The van der Waals surface area contributed by atoms with Crippen molar-refractivity contribution in [1.82, 2.24) is 14.7 Å². The number of likely N-dealkylation sites (tertiary alicyclic amines) is 1. The molecule has 2 unspecified atom stereocenters. The number of hydrogen-bond acceptors (Lipinski definition) is 4. The van der Waals surface area contributed by atoms with Crippen molar-refractivity contribution in [2.45, 2.75) is 31.6 Å². The van der Waals surface area contributed by atoms with E-state index in [2.05, 4.69) is 5.10 Å². The third-order valence-corrected chi connectivity index (χ3v) is 6.50. The summed E-state index contributed by atoms with van der Waals surface area (Å²) in [6.07, 6.45) is 0.590. The monoisotopic (exact) mass is 283 g/mol. The summed E-state index contributed by atoms with van der Waals surface area (Å²) in [5, 5.41) is 3.88. The van der Waals surface area contributed by atoms with Crippen LogP contribution in [0.3, 0.4) is 0 Å². The van der Waals surface area contributed by atoms with Crippen molar-refractivity contribution in [1.29, 1.82) is 0 Å². The molecule has 7 heteroatoms. The normalized spacial score (nSPS) is 28.1. The fourth-order valence-electron chi connectivity index (χ4n) is 3.17. The standard InChI is InChI=1S/C12H17N3O3S/c1-7-11(8(2)14(3)13-7)12(16)15-5-10-4-9(15)6-19(10,17)18/h9-10H,4-6H2,1-3H3. The zero-order valence-electron chi connectivity index (χ0n) is 11.3. The van der Waals surface area contributed by atoms with E-state index in [-0.39, 0.29) is 23.0 Å². The SMILES string of the molecule is Cc1nn(C)c(C)c1C(=O)N1CC2CC1CS2(=O)=O. The van der Waals surface area contributed by atoms with Gasteiger partial charge in [0, 0.05) is 25.3 Å². The van der Waals surface area contributed by atoms with E-state index in [1.54, 1.807) is 16.6 Å². The lowest BCUT2D eigenvalue weighted by Crippen LogP contribution is -2.44. The number of sulfone groups is 1. The van der Waals surface area contributed by atoms with Crippen LogP contribution < -0.4 is 0 Å². The van der Waals surface area contributed by atoms with Crippen LogP contribution in [0.4, 0.5) is 0 Å². The zero-order chi connectivity index (χ0) is 13.9. The van der Waals surface area contributed by atoms with E-state index in [1.807, 2.05) is 13.8 Å². The molecular formula is C12H17N3O3S. The first kappa shape index (κ1) is 12.7. The molecule has 2 aliphatic heterocycles. The summed E-state index contributed by atoms with van der Waals surface area (Å²) in [5.74, 6) is 0.0346. The Hall–Kier alpha value is -1.37. The molecule has 0 aromatic carbocycles. The van der Waals surface area contributed by atoms with E-state index < -0.39 is 9.84 Å². The van der Waals surface area contributed by atoms with Crippen molar-refractivity contribution >= 4 is 15.7 Å². The summed E-state index contributed by atoms with van der Waals surface area (Å²) in [4.78, 5) is 14.3. The van der Waals surface area contributed by atoms with Crippen molar-refractivity contribution < 1.29 is 13.2 Å². The van der Waals surface area contributed by atoms with Gasteiger partial charge < -0.3 is 4.90 Å². The number of nitrogens with zero attached hydrogens (tertiary/aromatic N) is 3. The number of rotatable bonds is 1. The maximum Gasteiger partial charge on any atom is 0.257 e. The molecule has 2 bridgehead atoms. The number of carbonyl (C=O) groups excluding carboxylic acids is 1. The van der Waals surface area contributed by atoms with E-state index in [9.17, 15) is 13.2 Å². The minimum absolute atomic E-state index is 0.0782. The van der Waals surface area contributed by atoms with Gasteiger partial charge in [0.25, 0.3) is 5.91 Å². The van der Waals surface area contributed by atoms with Gasteiger partial charge in [-0.15, -0.1) is 0 Å². The molecule has 2 aliphatic rings. The van der Waals surface area contributed by atoms with Gasteiger partial charge >= 0.3 is 0 Å². The Balaban J connectivity index is 1.92. The van der Waals surface area contributed by atoms with Crippen LogP contribution in [0.25, 0.3) is 0 Å². The van der Waals surface area contributed by atoms with E-state index in [4.69, 9.17) is 0 Å². The van der Waals surface area contributed by atoms with E-state index >= 15 is 0 Å². The second-order valence-electron chi connectivity index (χ2n) is 5.47. The Labute approximate surface area is 112 Å². The number of fused-ring (bicyclic) bond motifs is 2. The zero-order valence-corrected chi connectivity index (χ0v) is 12.1. The number of amides is 1. The quantitative estimate of drug-likeness (QED) is 0.730. The summed E-state index contributed by atoms with van der Waals surface area (Å²) >= 11 is 0. The van der Waals surface area contributed by atoms with E-state index in [0.717, 1.165) is 5.69 Å². The summed E-state index contributed by atoms with van der Waals surface area (Å²) in [7, 11) is -1.16. The molecule has 3 rings (SSSR count). The Morgan fingerprint density at radius 3 is 2.47 bits per heavy atom. The molecule has 2 fully saturated rings. The van der Waals surface area contributed by atoms with Crippen LogP contribution >= 0.6 is 0 Å². The smallest absolute Gasteiger partial charge is 0.257 e. The van der Waals surface area contributed by atoms with Gasteiger partial charge in [0.15, 0.2) is 9.84 Å². The molecule has 2 atom stereocenters. The van der Waals surface area contributed by atoms with Gasteiger partial charge in [0.05, 0.1) is 22.3 Å². The van der Waals surface area contributed by atoms with Gasteiger partial charge in [-0.05, 0) is 20.3 Å². The van der Waals surface area contributed by atoms with Crippen LogP contribution in [0, 0.1) is 13.8 Å². The lowest BCUT2D eigenvalue weighted by Gasteiger charge is -2.27. The van der Waals surface area contributed by atoms with Gasteiger partial charge in [0.1, 0.15) is 0 Å². The fraction of sp³-hybridized carbons (Fsp3) is 0.667. The minimum atomic E-state index is -2.97. The first-order valence-electron chi connectivity index (χ1n) is 6.34. The predicted molar refractivity (Wildman–Crippen MR) is 69.7 cm³/mol. The topological polar surface area (TPSA) is 72.3 Å². The van der Waals surface area contributed by atoms with Gasteiger partial charge in [0.2, 0.25) is 0 Å². The molecule has 0 spiro atoms. The largest absolute Gasteiger partial charge is 0.333 e. The molecule has 6 nitrogen and oxygen atoms in total. The Morgan fingerprint density at radius 2 is 2.05 bits per heavy atom. The van der Waals surface area contributed by atoms with Gasteiger partial charge in [-0.25, -0.2) is 8.42 Å². The van der Waals surface area contributed by atoms with Crippen LogP contribution in [-0.2, 0) is 16.9 Å². The van der Waals surface area contributed by atoms with Crippen molar-refractivity contribution in [3.05, 3.63) is 17.0 Å². The first-order valence-corrected chi connectivity index (χ1v) is 8.05. The van der Waals surface area contributed by atoms with Crippen LogP contribution in [0.2, 0.25) is 0 Å². The molecule has 1 aromatic rings. The average molecular weight is 283 g/mol. The summed E-state index contributed by atoms with van der Waals surface area (Å²) in [5.41, 5.74) is 2.15. The van der Waals surface area contributed by atoms with Crippen LogP contribution in [-0.4, -0.2) is 52.6 Å². The Bertz CT molecular complexity index is 662. The molecule has 1 aromatic heterocycles. The van der Waals surface area contributed by atoms with Gasteiger partial charge in [-0.1, -0.05) is 0 Å². The predicted octanol–water partition coefficient (Wildman–Crippen LogP) is 0.0484. The lowest BCUT2D eigenvalue weighted by molar-refractivity contribution is 0.0744. The van der Waals surface area contributed by atoms with Crippen LogP contribution in [0.1, 0.15) is 28.2 Å². The molecule has 19 heavy (non-hydrogen) atoms. The highest BCUT2D eigenvalue weighted by molar-refractivity contribution is 7.92. The molecule has 2 saturated heterocycles. The van der Waals surface area contributed by atoms with Crippen molar-refractivity contribution in [2.24, 2.45) is 7.05 Å². The molecule has 0 N–H and O–H groups in total. The fourth-order valence-corrected chi connectivity index (χ4v) is 5.20.